The zero-order chi connectivity index (χ0) is 19.2. The van der Waals surface area contributed by atoms with E-state index in [1.807, 2.05) is 54.6 Å². The zero-order valence-electron chi connectivity index (χ0n) is 15.4. The van der Waals surface area contributed by atoms with Crippen LogP contribution in [0.2, 0.25) is 0 Å². The van der Waals surface area contributed by atoms with Gasteiger partial charge in [0.1, 0.15) is 23.6 Å². The maximum Gasteiger partial charge on any atom is 0.228 e. The molecular formula is C22H21N3O3. The molecule has 142 valence electrons. The molecule has 0 aliphatic carbocycles. The average Bonchev–Trinajstić information content (AvgIpc) is 3.17. The van der Waals surface area contributed by atoms with Crippen molar-refractivity contribution in [2.75, 3.05) is 13.2 Å². The third-order valence-electron chi connectivity index (χ3n) is 4.21. The number of aromatic nitrogens is 2. The molecule has 0 unspecified atom stereocenters. The van der Waals surface area contributed by atoms with Crippen molar-refractivity contribution in [2.45, 2.75) is 13.0 Å². The number of oxazole rings is 1. The van der Waals surface area contributed by atoms with Gasteiger partial charge in [-0.25, -0.2) is 4.98 Å². The minimum absolute atomic E-state index is 0.460. The van der Waals surface area contributed by atoms with Gasteiger partial charge in [0.15, 0.2) is 5.58 Å². The van der Waals surface area contributed by atoms with Crippen LogP contribution >= 0.6 is 0 Å². The largest absolute Gasteiger partial charge is 0.494 e. The van der Waals surface area contributed by atoms with Gasteiger partial charge < -0.3 is 19.6 Å². The highest BCUT2D eigenvalue weighted by molar-refractivity contribution is 5.77. The van der Waals surface area contributed by atoms with Crippen molar-refractivity contribution < 1.29 is 13.9 Å². The Hall–Kier alpha value is -3.38. The third-order valence-corrected chi connectivity index (χ3v) is 4.21. The highest BCUT2D eigenvalue weighted by atomic mass is 16.5. The van der Waals surface area contributed by atoms with E-state index in [1.54, 1.807) is 12.4 Å². The Labute approximate surface area is 162 Å². The molecular weight excluding hydrogens is 354 g/mol. The summed E-state index contributed by atoms with van der Waals surface area (Å²) in [6.07, 6.45) is 4.29. The van der Waals surface area contributed by atoms with Gasteiger partial charge in [0, 0.05) is 18.5 Å². The van der Waals surface area contributed by atoms with E-state index in [-0.39, 0.29) is 0 Å². The van der Waals surface area contributed by atoms with Gasteiger partial charge in [0.2, 0.25) is 5.89 Å². The van der Waals surface area contributed by atoms with Crippen LogP contribution in [0.1, 0.15) is 12.0 Å². The topological polar surface area (TPSA) is 83.4 Å². The number of pyridine rings is 1. The first-order chi connectivity index (χ1) is 13.8. The van der Waals surface area contributed by atoms with E-state index in [4.69, 9.17) is 19.6 Å². The lowest BCUT2D eigenvalue weighted by molar-refractivity contribution is 0.303. The summed E-state index contributed by atoms with van der Waals surface area (Å²) in [4.78, 5) is 8.63. The van der Waals surface area contributed by atoms with Crippen LogP contribution in [0.25, 0.3) is 22.6 Å². The number of fused-ring (bicyclic) bond motifs is 1. The standard InChI is InChI=1S/C22H21N3O3/c23-10-2-12-26-18-6-4-16(5-7-18)15-27-19-8-9-21-20(13-19)25-22(28-21)17-3-1-11-24-14-17/h1,3-9,11,13-14H,2,10,12,15,23H2. The van der Waals surface area contributed by atoms with Crippen molar-refractivity contribution in [3.8, 4) is 23.0 Å². The van der Waals surface area contributed by atoms with Crippen LogP contribution in [-0.4, -0.2) is 23.1 Å². The minimum Gasteiger partial charge on any atom is -0.494 e. The maximum absolute atomic E-state index is 5.90. The van der Waals surface area contributed by atoms with Crippen LogP contribution in [0.15, 0.2) is 71.4 Å². The first kappa shape index (κ1) is 18.0. The fourth-order valence-corrected chi connectivity index (χ4v) is 2.73. The van der Waals surface area contributed by atoms with Gasteiger partial charge in [-0.15, -0.1) is 0 Å². The number of nitrogens with zero attached hydrogens (tertiary/aromatic N) is 2. The van der Waals surface area contributed by atoms with E-state index in [2.05, 4.69) is 9.97 Å². The fraction of sp³-hybridized carbons (Fsp3) is 0.182. The Kier molecular flexibility index (Phi) is 5.49. The molecule has 0 radical (unpaired) electrons. The van der Waals surface area contributed by atoms with Gasteiger partial charge in [-0.2, -0.15) is 0 Å². The lowest BCUT2D eigenvalue weighted by Gasteiger charge is -2.08. The third kappa shape index (κ3) is 4.29. The fourth-order valence-electron chi connectivity index (χ4n) is 2.73. The van der Waals surface area contributed by atoms with Crippen molar-refractivity contribution in [3.05, 3.63) is 72.6 Å². The summed E-state index contributed by atoms with van der Waals surface area (Å²) in [5.74, 6) is 2.12. The lowest BCUT2D eigenvalue weighted by Crippen LogP contribution is -2.06. The Bertz CT molecular complexity index is 1030. The van der Waals surface area contributed by atoms with Gasteiger partial charge >= 0.3 is 0 Å². The van der Waals surface area contributed by atoms with Crippen LogP contribution in [0, 0.1) is 0 Å². The Balaban J connectivity index is 1.41. The zero-order valence-corrected chi connectivity index (χ0v) is 15.4. The van der Waals surface area contributed by atoms with Crippen LogP contribution in [0.5, 0.6) is 11.5 Å². The van der Waals surface area contributed by atoms with Crippen LogP contribution in [0.3, 0.4) is 0 Å². The number of rotatable bonds is 8. The SMILES string of the molecule is NCCCOc1ccc(COc2ccc3oc(-c4cccnc4)nc3c2)cc1. The maximum atomic E-state index is 5.90. The molecule has 0 amide bonds. The van der Waals surface area contributed by atoms with E-state index >= 15 is 0 Å². The van der Waals surface area contributed by atoms with Crippen molar-refractivity contribution in [1.29, 1.82) is 0 Å². The molecule has 6 nitrogen and oxygen atoms in total. The van der Waals surface area contributed by atoms with E-state index in [9.17, 15) is 0 Å². The van der Waals surface area contributed by atoms with Gasteiger partial charge in [0.05, 0.1) is 12.2 Å². The van der Waals surface area contributed by atoms with Gasteiger partial charge in [-0.3, -0.25) is 4.98 Å². The van der Waals surface area contributed by atoms with Gasteiger partial charge in [-0.1, -0.05) is 12.1 Å². The first-order valence-electron chi connectivity index (χ1n) is 9.17. The first-order valence-corrected chi connectivity index (χ1v) is 9.17. The van der Waals surface area contributed by atoms with Crippen LogP contribution in [0.4, 0.5) is 0 Å². The molecule has 2 aromatic heterocycles. The summed E-state index contributed by atoms with van der Waals surface area (Å²) < 4.78 is 17.3. The second kappa shape index (κ2) is 8.54. The second-order valence-electron chi connectivity index (χ2n) is 6.31. The summed E-state index contributed by atoms with van der Waals surface area (Å²) in [5, 5.41) is 0. The van der Waals surface area contributed by atoms with Crippen molar-refractivity contribution in [1.82, 2.24) is 9.97 Å². The van der Waals surface area contributed by atoms with E-state index < -0.39 is 0 Å². The molecule has 0 bridgehead atoms. The smallest absolute Gasteiger partial charge is 0.228 e. The predicted octanol–water partition coefficient (Wildman–Crippen LogP) is 4.20. The second-order valence-corrected chi connectivity index (χ2v) is 6.31. The van der Waals surface area contributed by atoms with Crippen LogP contribution < -0.4 is 15.2 Å². The van der Waals surface area contributed by atoms with Crippen molar-refractivity contribution in [3.63, 3.8) is 0 Å². The van der Waals surface area contributed by atoms with E-state index in [0.717, 1.165) is 34.6 Å². The summed E-state index contributed by atoms with van der Waals surface area (Å²) in [6.45, 7) is 1.72. The lowest BCUT2D eigenvalue weighted by atomic mass is 10.2. The minimum atomic E-state index is 0.460. The highest BCUT2D eigenvalue weighted by Crippen LogP contribution is 2.27. The summed E-state index contributed by atoms with van der Waals surface area (Å²) in [6, 6.07) is 17.3. The Morgan fingerprint density at radius 2 is 1.82 bits per heavy atom. The number of hydrogen-bond donors (Lipinski definition) is 1. The molecule has 0 atom stereocenters. The number of nitrogens with two attached hydrogens (primary N) is 1. The molecule has 0 saturated carbocycles. The molecule has 0 saturated heterocycles. The molecule has 4 aromatic rings. The molecule has 4 rings (SSSR count). The monoisotopic (exact) mass is 375 g/mol. The molecule has 0 fully saturated rings. The van der Waals surface area contributed by atoms with Gasteiger partial charge in [-0.05, 0) is 54.9 Å². The normalized spacial score (nSPS) is 10.9. The molecule has 2 N–H and O–H groups in total. The van der Waals surface area contributed by atoms with E-state index in [0.29, 0.717) is 31.2 Å². The number of benzene rings is 2. The molecule has 2 heterocycles. The van der Waals surface area contributed by atoms with E-state index in [1.165, 1.54) is 0 Å². The summed E-state index contributed by atoms with van der Waals surface area (Å²) >= 11 is 0. The Morgan fingerprint density at radius 1 is 0.964 bits per heavy atom. The number of hydrogen-bond acceptors (Lipinski definition) is 6. The van der Waals surface area contributed by atoms with Crippen LogP contribution in [-0.2, 0) is 6.61 Å². The van der Waals surface area contributed by atoms with Gasteiger partial charge in [0.25, 0.3) is 0 Å². The molecule has 0 spiro atoms. The summed E-state index contributed by atoms with van der Waals surface area (Å²) in [5.41, 5.74) is 8.83. The highest BCUT2D eigenvalue weighted by Gasteiger charge is 2.09. The van der Waals surface area contributed by atoms with Crippen molar-refractivity contribution >= 4 is 11.1 Å². The number of ether oxygens (including phenoxy) is 2. The molecule has 6 heteroatoms. The molecule has 2 aromatic carbocycles. The predicted molar refractivity (Wildman–Crippen MR) is 107 cm³/mol. The van der Waals surface area contributed by atoms with Crippen molar-refractivity contribution in [2.24, 2.45) is 5.73 Å². The Morgan fingerprint density at radius 3 is 2.61 bits per heavy atom. The quantitative estimate of drug-likeness (QED) is 0.465. The molecule has 0 aliphatic rings. The molecule has 28 heavy (non-hydrogen) atoms. The average molecular weight is 375 g/mol. The molecule has 0 aliphatic heterocycles. The summed E-state index contributed by atoms with van der Waals surface area (Å²) in [7, 11) is 0.